The van der Waals surface area contributed by atoms with E-state index in [2.05, 4.69) is 27.3 Å². The molecule has 1 atom stereocenters. The maximum atomic E-state index is 11.7. The molecule has 2 saturated heterocycles. The summed E-state index contributed by atoms with van der Waals surface area (Å²) in [5, 5.41) is 29.9. The van der Waals surface area contributed by atoms with E-state index in [0.29, 0.717) is 43.3 Å². The Kier molecular flexibility index (Phi) is 4.76. The minimum atomic E-state index is -1.01. The number of pyridine rings is 1. The number of anilines is 3. The van der Waals surface area contributed by atoms with E-state index in [1.165, 1.54) is 6.21 Å². The van der Waals surface area contributed by atoms with Crippen LogP contribution in [0.2, 0.25) is 0 Å². The van der Waals surface area contributed by atoms with Gasteiger partial charge in [-0.3, -0.25) is 5.10 Å². The highest BCUT2D eigenvalue weighted by Crippen LogP contribution is 2.50. The summed E-state index contributed by atoms with van der Waals surface area (Å²) in [5.74, 6) is 2.01. The van der Waals surface area contributed by atoms with E-state index in [1.54, 1.807) is 6.20 Å². The number of aliphatic hydroxyl groups is 1. The molecule has 9 nitrogen and oxygen atoms in total. The van der Waals surface area contributed by atoms with Crippen LogP contribution < -0.4 is 10.2 Å². The van der Waals surface area contributed by atoms with Crippen molar-refractivity contribution in [1.82, 2.24) is 15.2 Å². The van der Waals surface area contributed by atoms with Gasteiger partial charge in [-0.2, -0.15) is 5.10 Å². The van der Waals surface area contributed by atoms with E-state index in [9.17, 15) is 5.11 Å². The summed E-state index contributed by atoms with van der Waals surface area (Å²) in [6.45, 7) is 4.91. The van der Waals surface area contributed by atoms with Crippen molar-refractivity contribution in [2.45, 2.75) is 49.9 Å². The Morgan fingerprint density at radius 1 is 1.37 bits per heavy atom. The first-order valence-electron chi connectivity index (χ1n) is 10.6. The summed E-state index contributed by atoms with van der Waals surface area (Å²) in [6.07, 6.45) is 5.82. The van der Waals surface area contributed by atoms with Crippen LogP contribution in [0.4, 0.5) is 17.5 Å². The Morgan fingerprint density at radius 2 is 2.17 bits per heavy atom. The second-order valence-corrected chi connectivity index (χ2v) is 8.65. The molecule has 0 bridgehead atoms. The van der Waals surface area contributed by atoms with Crippen LogP contribution in [0.5, 0.6) is 0 Å². The molecule has 5 rings (SSSR count). The molecule has 2 aromatic heterocycles. The normalized spacial score (nSPS) is 31.0. The van der Waals surface area contributed by atoms with Crippen molar-refractivity contribution in [3.05, 3.63) is 29.5 Å². The zero-order valence-electron chi connectivity index (χ0n) is 17.1. The smallest absolute Gasteiger partial charge is 0.143 e. The highest BCUT2D eigenvalue weighted by atomic mass is 16.6. The third-order valence-corrected chi connectivity index (χ3v) is 6.65. The fourth-order valence-electron chi connectivity index (χ4n) is 4.61. The van der Waals surface area contributed by atoms with Gasteiger partial charge in [-0.05, 0) is 44.2 Å². The fraction of sp³-hybridized carbons (Fsp3) is 0.571. The van der Waals surface area contributed by atoms with Gasteiger partial charge < -0.3 is 30.2 Å². The van der Waals surface area contributed by atoms with Crippen molar-refractivity contribution in [3.8, 4) is 0 Å². The van der Waals surface area contributed by atoms with Gasteiger partial charge in [0.25, 0.3) is 0 Å². The first kappa shape index (κ1) is 19.5. The molecule has 4 heterocycles. The molecule has 0 aromatic carbocycles. The molecule has 3 fully saturated rings. The van der Waals surface area contributed by atoms with Gasteiger partial charge >= 0.3 is 0 Å². The van der Waals surface area contributed by atoms with Crippen molar-refractivity contribution in [2.75, 3.05) is 36.6 Å². The topological polar surface area (TPSA) is 123 Å². The number of rotatable bonds is 5. The molecule has 4 N–H and O–H groups in total. The van der Waals surface area contributed by atoms with Crippen LogP contribution in [-0.4, -0.2) is 64.5 Å². The fourth-order valence-corrected chi connectivity index (χ4v) is 4.61. The van der Waals surface area contributed by atoms with Crippen LogP contribution in [0.3, 0.4) is 0 Å². The number of ether oxygens (including phenoxy) is 2. The molecule has 1 saturated carbocycles. The molecule has 0 amide bonds. The Hall–Kier alpha value is -2.49. The molecule has 9 heteroatoms. The largest absolute Gasteiger partial charge is 0.385 e. The average molecular weight is 412 g/mol. The van der Waals surface area contributed by atoms with Crippen molar-refractivity contribution >= 4 is 23.7 Å². The highest BCUT2D eigenvalue weighted by molar-refractivity contribution is 5.89. The number of morpholine rings is 1. The van der Waals surface area contributed by atoms with Gasteiger partial charge in [0.1, 0.15) is 17.5 Å². The van der Waals surface area contributed by atoms with Gasteiger partial charge in [-0.15, -0.1) is 0 Å². The second-order valence-electron chi connectivity index (χ2n) is 8.65. The van der Waals surface area contributed by atoms with Crippen LogP contribution in [0.1, 0.15) is 43.7 Å². The molecule has 2 aliphatic heterocycles. The first-order chi connectivity index (χ1) is 14.5. The number of H-pyrrole nitrogens is 1. The number of aromatic amines is 1. The first-order valence-corrected chi connectivity index (χ1v) is 10.6. The molecule has 1 spiro atoms. The van der Waals surface area contributed by atoms with E-state index < -0.39 is 5.60 Å². The molecule has 0 unspecified atom stereocenters. The SMILES string of the molecule is C[C@@H]1COCCN1c1cc(C2(O)CCC3(CC2)CO3)c(C=N)c(Nc2ccn[nH]2)n1. The third-order valence-electron chi connectivity index (χ3n) is 6.65. The lowest BCUT2D eigenvalue weighted by molar-refractivity contribution is -0.0206. The molecular formula is C21H28N6O3. The van der Waals surface area contributed by atoms with Gasteiger partial charge in [-0.25, -0.2) is 4.98 Å². The van der Waals surface area contributed by atoms with E-state index in [4.69, 9.17) is 19.9 Å². The summed E-state index contributed by atoms with van der Waals surface area (Å²) in [5.41, 5.74) is 0.313. The minimum absolute atomic E-state index is 0.0251. The number of nitrogens with one attached hydrogen (secondary N) is 3. The third kappa shape index (κ3) is 3.46. The van der Waals surface area contributed by atoms with Crippen LogP contribution in [0.15, 0.2) is 18.3 Å². The van der Waals surface area contributed by atoms with Crippen molar-refractivity contribution in [3.63, 3.8) is 0 Å². The summed E-state index contributed by atoms with van der Waals surface area (Å²) >= 11 is 0. The van der Waals surface area contributed by atoms with E-state index >= 15 is 0 Å². The average Bonchev–Trinajstić information content (AvgIpc) is 3.33. The number of nitrogens with zero attached hydrogens (tertiary/aromatic N) is 3. The van der Waals surface area contributed by atoms with Gasteiger partial charge in [0.15, 0.2) is 0 Å². The lowest BCUT2D eigenvalue weighted by Crippen LogP contribution is -2.44. The van der Waals surface area contributed by atoms with Crippen molar-refractivity contribution < 1.29 is 14.6 Å². The standard InChI is InChI=1S/C21H28N6O3/c1-14-12-29-9-8-27(14)18-10-16(21(28)5-3-20(4-6-21)13-30-20)15(11-22)19(25-18)24-17-2-7-23-26-17/h2,7,10-11,14,22,28H,3-6,8-9,12-13H2,1H3,(H2,23,24,25,26)/t14-,20?,21?/m1/s1. The number of hydrogen-bond donors (Lipinski definition) is 4. The summed E-state index contributed by atoms with van der Waals surface area (Å²) in [7, 11) is 0. The van der Waals surface area contributed by atoms with E-state index in [0.717, 1.165) is 37.4 Å². The summed E-state index contributed by atoms with van der Waals surface area (Å²) in [4.78, 5) is 7.05. The maximum absolute atomic E-state index is 11.7. The lowest BCUT2D eigenvalue weighted by Gasteiger charge is -2.39. The quantitative estimate of drug-likeness (QED) is 0.439. The number of aromatic nitrogens is 3. The van der Waals surface area contributed by atoms with Crippen LogP contribution in [0, 0.1) is 5.41 Å². The molecule has 1 aliphatic carbocycles. The molecule has 30 heavy (non-hydrogen) atoms. The van der Waals surface area contributed by atoms with Gasteiger partial charge in [0, 0.05) is 24.4 Å². The zero-order valence-corrected chi connectivity index (χ0v) is 17.1. The Bertz CT molecular complexity index is 917. The Labute approximate surface area is 175 Å². The number of epoxide rings is 1. The molecule has 0 radical (unpaired) electrons. The van der Waals surface area contributed by atoms with Crippen LogP contribution >= 0.6 is 0 Å². The maximum Gasteiger partial charge on any atom is 0.143 e. The van der Waals surface area contributed by atoms with Crippen molar-refractivity contribution in [2.24, 2.45) is 0 Å². The second kappa shape index (κ2) is 7.33. The summed E-state index contributed by atoms with van der Waals surface area (Å²) in [6, 6.07) is 3.95. The minimum Gasteiger partial charge on any atom is -0.385 e. The van der Waals surface area contributed by atoms with E-state index in [1.807, 2.05) is 12.1 Å². The van der Waals surface area contributed by atoms with Gasteiger partial charge in [0.2, 0.25) is 0 Å². The Morgan fingerprint density at radius 3 is 2.80 bits per heavy atom. The predicted molar refractivity (Wildman–Crippen MR) is 113 cm³/mol. The molecule has 3 aliphatic rings. The molecule has 160 valence electrons. The molecular weight excluding hydrogens is 384 g/mol. The van der Waals surface area contributed by atoms with Crippen LogP contribution in [-0.2, 0) is 15.1 Å². The monoisotopic (exact) mass is 412 g/mol. The van der Waals surface area contributed by atoms with Gasteiger partial charge in [-0.1, -0.05) is 0 Å². The van der Waals surface area contributed by atoms with Crippen molar-refractivity contribution in [1.29, 1.82) is 5.41 Å². The lowest BCUT2D eigenvalue weighted by atomic mass is 9.74. The molecule has 2 aromatic rings. The van der Waals surface area contributed by atoms with Crippen LogP contribution in [0.25, 0.3) is 0 Å². The highest BCUT2D eigenvalue weighted by Gasteiger charge is 2.51. The number of hydrogen-bond acceptors (Lipinski definition) is 8. The summed E-state index contributed by atoms with van der Waals surface area (Å²) < 4.78 is 11.2. The predicted octanol–water partition coefficient (Wildman–Crippen LogP) is 2.30. The Balaban J connectivity index is 1.58. The van der Waals surface area contributed by atoms with Gasteiger partial charge in [0.05, 0.1) is 43.3 Å². The zero-order chi connectivity index (χ0) is 20.8. The van der Waals surface area contributed by atoms with E-state index in [-0.39, 0.29) is 11.6 Å².